The normalized spacial score (nSPS) is 10.1. The third-order valence-electron chi connectivity index (χ3n) is 2.48. The van der Waals surface area contributed by atoms with Crippen molar-refractivity contribution in [2.45, 2.75) is 6.92 Å². The largest absolute Gasteiger partial charge is 0.506 e. The Morgan fingerprint density at radius 3 is 2.72 bits per heavy atom. The van der Waals surface area contributed by atoms with Crippen molar-refractivity contribution in [3.8, 4) is 11.8 Å². The number of nitrogen functional groups attached to an aromatic ring is 1. The van der Waals surface area contributed by atoms with Gasteiger partial charge in [-0.25, -0.2) is 4.68 Å². The summed E-state index contributed by atoms with van der Waals surface area (Å²) in [6.45, 7) is 1.74. The van der Waals surface area contributed by atoms with Crippen LogP contribution >= 0.6 is 0 Å². The highest BCUT2D eigenvalue weighted by molar-refractivity contribution is 5.62. The zero-order valence-electron chi connectivity index (χ0n) is 9.97. The number of aromatic hydroxyl groups is 1. The number of hydrogen-bond donors (Lipinski definition) is 3. The van der Waals surface area contributed by atoms with Crippen LogP contribution < -0.4 is 11.1 Å². The highest BCUT2D eigenvalue weighted by atomic mass is 16.3. The molecule has 0 saturated carbocycles. The van der Waals surface area contributed by atoms with Crippen LogP contribution in [0.4, 0.5) is 17.6 Å². The molecule has 2 rings (SSSR count). The van der Waals surface area contributed by atoms with Crippen molar-refractivity contribution in [1.82, 2.24) is 14.8 Å². The second kappa shape index (κ2) is 4.25. The van der Waals surface area contributed by atoms with Crippen LogP contribution in [-0.2, 0) is 7.05 Å². The zero-order valence-corrected chi connectivity index (χ0v) is 9.97. The predicted molar refractivity (Wildman–Crippen MR) is 66.3 cm³/mol. The monoisotopic (exact) mass is 244 g/mol. The molecule has 0 fully saturated rings. The number of phenols is 1. The molecular weight excluding hydrogens is 232 g/mol. The highest BCUT2D eigenvalue weighted by Crippen LogP contribution is 2.26. The van der Waals surface area contributed by atoms with Crippen LogP contribution in [0, 0.1) is 18.3 Å². The molecule has 0 aliphatic rings. The number of nitrogens with one attached hydrogen (secondary N) is 1. The third kappa shape index (κ3) is 2.04. The zero-order chi connectivity index (χ0) is 13.3. The average molecular weight is 244 g/mol. The first-order chi connectivity index (χ1) is 8.51. The van der Waals surface area contributed by atoms with Crippen LogP contribution in [0.15, 0.2) is 12.1 Å². The fourth-order valence-corrected chi connectivity index (χ4v) is 1.56. The molecule has 0 bridgehead atoms. The van der Waals surface area contributed by atoms with Crippen molar-refractivity contribution >= 4 is 17.6 Å². The number of benzene rings is 1. The molecule has 4 N–H and O–H groups in total. The van der Waals surface area contributed by atoms with E-state index in [-0.39, 0.29) is 17.3 Å². The van der Waals surface area contributed by atoms with Gasteiger partial charge in [0.25, 0.3) is 0 Å². The Labute approximate surface area is 103 Å². The molecule has 1 aromatic heterocycles. The lowest BCUT2D eigenvalue weighted by Crippen LogP contribution is -1.98. The summed E-state index contributed by atoms with van der Waals surface area (Å²) < 4.78 is 1.43. The van der Waals surface area contributed by atoms with Gasteiger partial charge in [-0.05, 0) is 18.6 Å². The lowest BCUT2D eigenvalue weighted by molar-refractivity contribution is 0.473. The molecule has 0 radical (unpaired) electrons. The highest BCUT2D eigenvalue weighted by Gasteiger charge is 2.09. The molecule has 92 valence electrons. The van der Waals surface area contributed by atoms with Gasteiger partial charge in [-0.15, -0.1) is 5.10 Å². The molecule has 0 unspecified atom stereocenters. The van der Waals surface area contributed by atoms with Crippen LogP contribution in [0.3, 0.4) is 0 Å². The molecule has 18 heavy (non-hydrogen) atoms. The molecule has 7 heteroatoms. The Morgan fingerprint density at radius 1 is 1.50 bits per heavy atom. The van der Waals surface area contributed by atoms with Gasteiger partial charge in [0.05, 0.1) is 5.56 Å². The standard InChI is InChI=1S/C11H12N6O/c1-6-3-7(4-9(18)8(6)5-12)14-11-15-10(13)17(2)16-11/h3-4,18H,1-2H3,(H3,13,14,15,16). The maximum absolute atomic E-state index is 9.68. The van der Waals surface area contributed by atoms with Crippen LogP contribution in [0.1, 0.15) is 11.1 Å². The Hall–Kier alpha value is -2.75. The minimum absolute atomic E-state index is 0.0797. The van der Waals surface area contributed by atoms with Gasteiger partial charge in [0.2, 0.25) is 11.9 Å². The summed E-state index contributed by atoms with van der Waals surface area (Å²) in [6.07, 6.45) is 0. The smallest absolute Gasteiger partial charge is 0.248 e. The van der Waals surface area contributed by atoms with E-state index in [9.17, 15) is 5.11 Å². The van der Waals surface area contributed by atoms with Crippen LogP contribution in [0.5, 0.6) is 5.75 Å². The summed E-state index contributed by atoms with van der Waals surface area (Å²) in [5.74, 6) is 0.537. The van der Waals surface area contributed by atoms with Crippen molar-refractivity contribution in [1.29, 1.82) is 5.26 Å². The molecular formula is C11H12N6O. The number of phenolic OH excluding ortho intramolecular Hbond substituents is 1. The van der Waals surface area contributed by atoms with Gasteiger partial charge < -0.3 is 16.2 Å². The number of rotatable bonds is 2. The van der Waals surface area contributed by atoms with Crippen molar-refractivity contribution in [3.63, 3.8) is 0 Å². The van der Waals surface area contributed by atoms with E-state index >= 15 is 0 Å². The molecule has 0 atom stereocenters. The van der Waals surface area contributed by atoms with Crippen molar-refractivity contribution in [3.05, 3.63) is 23.3 Å². The lowest BCUT2D eigenvalue weighted by atomic mass is 10.1. The SMILES string of the molecule is Cc1cc(Nc2nc(N)n(C)n2)cc(O)c1C#N. The molecule has 1 aromatic carbocycles. The van der Waals surface area contributed by atoms with Crippen molar-refractivity contribution < 1.29 is 5.11 Å². The van der Waals surface area contributed by atoms with E-state index in [0.29, 0.717) is 17.2 Å². The first kappa shape index (κ1) is 11.7. The van der Waals surface area contributed by atoms with E-state index in [1.165, 1.54) is 10.7 Å². The summed E-state index contributed by atoms with van der Waals surface area (Å²) >= 11 is 0. The van der Waals surface area contributed by atoms with Gasteiger partial charge in [-0.3, -0.25) is 0 Å². The van der Waals surface area contributed by atoms with E-state index in [1.54, 1.807) is 20.0 Å². The number of aromatic nitrogens is 3. The second-order valence-corrected chi connectivity index (χ2v) is 3.84. The first-order valence-electron chi connectivity index (χ1n) is 5.18. The van der Waals surface area contributed by atoms with Gasteiger partial charge >= 0.3 is 0 Å². The number of anilines is 3. The van der Waals surface area contributed by atoms with Crippen molar-refractivity contribution in [2.24, 2.45) is 7.05 Å². The fourth-order valence-electron chi connectivity index (χ4n) is 1.56. The van der Waals surface area contributed by atoms with Gasteiger partial charge in [0, 0.05) is 18.8 Å². The molecule has 0 aliphatic carbocycles. The minimum Gasteiger partial charge on any atom is -0.506 e. The van der Waals surface area contributed by atoms with Gasteiger partial charge in [0.1, 0.15) is 11.8 Å². The van der Waals surface area contributed by atoms with Crippen LogP contribution in [0.25, 0.3) is 0 Å². The van der Waals surface area contributed by atoms with E-state index < -0.39 is 0 Å². The maximum Gasteiger partial charge on any atom is 0.248 e. The summed E-state index contributed by atoms with van der Waals surface area (Å²) in [7, 11) is 1.68. The van der Waals surface area contributed by atoms with Gasteiger partial charge in [-0.2, -0.15) is 10.2 Å². The third-order valence-corrected chi connectivity index (χ3v) is 2.48. The summed E-state index contributed by atoms with van der Waals surface area (Å²) in [4.78, 5) is 3.98. The van der Waals surface area contributed by atoms with Gasteiger partial charge in [0.15, 0.2) is 0 Å². The average Bonchev–Trinajstić information content (AvgIpc) is 2.57. The Balaban J connectivity index is 2.33. The minimum atomic E-state index is -0.0797. The molecule has 0 amide bonds. The predicted octanol–water partition coefficient (Wildman–Crippen LogP) is 1.03. The molecule has 0 saturated heterocycles. The summed E-state index contributed by atoms with van der Waals surface area (Å²) in [5.41, 5.74) is 7.08. The molecule has 0 aliphatic heterocycles. The Kier molecular flexibility index (Phi) is 2.77. The fraction of sp³-hybridized carbons (Fsp3) is 0.182. The van der Waals surface area contributed by atoms with Crippen LogP contribution in [-0.4, -0.2) is 19.9 Å². The number of aryl methyl sites for hydroxylation is 2. The Morgan fingerprint density at radius 2 is 2.22 bits per heavy atom. The van der Waals surface area contributed by atoms with E-state index in [2.05, 4.69) is 15.4 Å². The Bertz CT molecular complexity index is 597. The second-order valence-electron chi connectivity index (χ2n) is 3.84. The van der Waals surface area contributed by atoms with E-state index in [1.807, 2.05) is 6.07 Å². The van der Waals surface area contributed by atoms with Crippen LogP contribution in [0.2, 0.25) is 0 Å². The number of nitrogens with zero attached hydrogens (tertiary/aromatic N) is 4. The van der Waals surface area contributed by atoms with E-state index in [4.69, 9.17) is 11.0 Å². The summed E-state index contributed by atoms with van der Waals surface area (Å²) in [6, 6.07) is 5.10. The molecule has 2 aromatic rings. The molecule has 0 spiro atoms. The molecule has 1 heterocycles. The number of nitriles is 1. The van der Waals surface area contributed by atoms with Gasteiger partial charge in [-0.1, -0.05) is 0 Å². The topological polar surface area (TPSA) is 113 Å². The quantitative estimate of drug-likeness (QED) is 0.727. The maximum atomic E-state index is 9.68. The summed E-state index contributed by atoms with van der Waals surface area (Å²) in [5, 5.41) is 25.5. The lowest BCUT2D eigenvalue weighted by Gasteiger charge is -2.06. The number of hydrogen-bond acceptors (Lipinski definition) is 6. The number of nitrogens with two attached hydrogens (primary N) is 1. The van der Waals surface area contributed by atoms with E-state index in [0.717, 1.165) is 0 Å². The van der Waals surface area contributed by atoms with Crippen molar-refractivity contribution in [2.75, 3.05) is 11.1 Å². The first-order valence-corrected chi connectivity index (χ1v) is 5.18. The molecule has 7 nitrogen and oxygen atoms in total.